The summed E-state index contributed by atoms with van der Waals surface area (Å²) in [4.78, 5) is 38.9. The lowest BCUT2D eigenvalue weighted by molar-refractivity contribution is -0.116. The highest BCUT2D eigenvalue weighted by molar-refractivity contribution is 5.96. The number of amides is 2. The lowest BCUT2D eigenvalue weighted by atomic mass is 10.1. The first-order valence-corrected chi connectivity index (χ1v) is 9.38. The zero-order chi connectivity index (χ0) is 19.2. The van der Waals surface area contributed by atoms with E-state index in [1.54, 1.807) is 11.9 Å². The van der Waals surface area contributed by atoms with Gasteiger partial charge in [-0.1, -0.05) is 30.3 Å². The summed E-state index contributed by atoms with van der Waals surface area (Å²) < 4.78 is 1.35. The van der Waals surface area contributed by atoms with Crippen LogP contribution in [0.4, 0.5) is 5.69 Å². The number of aryl methyl sites for hydroxylation is 2. The summed E-state index contributed by atoms with van der Waals surface area (Å²) in [6.45, 7) is 1.48. The minimum absolute atomic E-state index is 0.0947. The van der Waals surface area contributed by atoms with Crippen molar-refractivity contribution in [3.8, 4) is 0 Å². The molecule has 6 nitrogen and oxygen atoms in total. The molecular formula is C21H25N3O3. The molecule has 2 aromatic rings. The van der Waals surface area contributed by atoms with Crippen molar-refractivity contribution in [3.63, 3.8) is 0 Å². The number of aromatic nitrogens is 1. The lowest BCUT2D eigenvalue weighted by Crippen LogP contribution is -2.30. The Bertz CT molecular complexity index is 868. The molecule has 142 valence electrons. The molecule has 0 atom stereocenters. The van der Waals surface area contributed by atoms with Gasteiger partial charge >= 0.3 is 0 Å². The molecule has 27 heavy (non-hydrogen) atoms. The van der Waals surface area contributed by atoms with Gasteiger partial charge in [-0.3, -0.25) is 14.4 Å². The van der Waals surface area contributed by atoms with Crippen LogP contribution in [0.25, 0.3) is 0 Å². The number of carbonyl (C=O) groups excluding carboxylic acids is 2. The van der Waals surface area contributed by atoms with E-state index in [4.69, 9.17) is 0 Å². The van der Waals surface area contributed by atoms with Gasteiger partial charge in [0, 0.05) is 32.8 Å². The van der Waals surface area contributed by atoms with Gasteiger partial charge in [0.15, 0.2) is 0 Å². The average Bonchev–Trinajstić information content (AvgIpc) is 3.20. The number of hydrogen-bond acceptors (Lipinski definition) is 3. The molecule has 2 heterocycles. The second kappa shape index (κ2) is 8.66. The number of rotatable bonds is 6. The third-order valence-electron chi connectivity index (χ3n) is 4.81. The molecule has 6 heteroatoms. The highest BCUT2D eigenvalue weighted by atomic mass is 16.2. The molecule has 1 saturated heterocycles. The monoisotopic (exact) mass is 367 g/mol. The van der Waals surface area contributed by atoms with Gasteiger partial charge in [-0.2, -0.15) is 0 Å². The SMILES string of the molecule is Cn1cc(C(=O)N2CCCC2)cc(NC(=O)CCCc2ccccc2)c1=O. The van der Waals surface area contributed by atoms with E-state index in [0.29, 0.717) is 18.4 Å². The number of carbonyl (C=O) groups is 2. The smallest absolute Gasteiger partial charge is 0.274 e. The maximum absolute atomic E-state index is 12.6. The van der Waals surface area contributed by atoms with Crippen molar-refractivity contribution in [1.82, 2.24) is 9.47 Å². The summed E-state index contributed by atoms with van der Waals surface area (Å²) in [6.07, 6.45) is 5.36. The number of anilines is 1. The third kappa shape index (κ3) is 4.84. The van der Waals surface area contributed by atoms with E-state index >= 15 is 0 Å². The number of hydrogen-bond donors (Lipinski definition) is 1. The van der Waals surface area contributed by atoms with Crippen molar-refractivity contribution >= 4 is 17.5 Å². The van der Waals surface area contributed by atoms with Crippen LogP contribution in [-0.4, -0.2) is 34.4 Å². The Morgan fingerprint density at radius 1 is 1.11 bits per heavy atom. The Morgan fingerprint density at radius 3 is 2.52 bits per heavy atom. The van der Waals surface area contributed by atoms with Crippen molar-refractivity contribution in [2.75, 3.05) is 18.4 Å². The Hall–Kier alpha value is -2.89. The summed E-state index contributed by atoms with van der Waals surface area (Å²) in [7, 11) is 1.59. The van der Waals surface area contributed by atoms with Crippen LogP contribution in [0.3, 0.4) is 0 Å². The summed E-state index contributed by atoms with van der Waals surface area (Å²) in [5, 5.41) is 2.68. The predicted molar refractivity (Wildman–Crippen MR) is 105 cm³/mol. The van der Waals surface area contributed by atoms with Crippen LogP contribution in [0.15, 0.2) is 47.4 Å². The first kappa shape index (κ1) is 18.9. The normalized spacial score (nSPS) is 13.6. The van der Waals surface area contributed by atoms with Crippen molar-refractivity contribution in [3.05, 3.63) is 64.1 Å². The molecule has 0 saturated carbocycles. The quantitative estimate of drug-likeness (QED) is 0.853. The zero-order valence-electron chi connectivity index (χ0n) is 15.6. The van der Waals surface area contributed by atoms with Crippen LogP contribution in [0.1, 0.15) is 41.6 Å². The summed E-state index contributed by atoms with van der Waals surface area (Å²) >= 11 is 0. The maximum atomic E-state index is 12.6. The van der Waals surface area contributed by atoms with Gasteiger partial charge in [0.2, 0.25) is 5.91 Å². The Morgan fingerprint density at radius 2 is 1.81 bits per heavy atom. The van der Waals surface area contributed by atoms with E-state index < -0.39 is 0 Å². The van der Waals surface area contributed by atoms with Crippen molar-refractivity contribution < 1.29 is 9.59 Å². The van der Waals surface area contributed by atoms with Gasteiger partial charge < -0.3 is 14.8 Å². The molecule has 1 aromatic carbocycles. The number of nitrogens with zero attached hydrogens (tertiary/aromatic N) is 2. The van der Waals surface area contributed by atoms with Crippen molar-refractivity contribution in [2.45, 2.75) is 32.1 Å². The van der Waals surface area contributed by atoms with Crippen LogP contribution < -0.4 is 10.9 Å². The molecule has 0 aliphatic carbocycles. The summed E-state index contributed by atoms with van der Waals surface area (Å²) in [5.74, 6) is -0.309. The second-order valence-corrected chi connectivity index (χ2v) is 6.95. The van der Waals surface area contributed by atoms with Crippen LogP contribution in [0.5, 0.6) is 0 Å². The van der Waals surface area contributed by atoms with Gasteiger partial charge in [0.05, 0.1) is 5.56 Å². The average molecular weight is 367 g/mol. The van der Waals surface area contributed by atoms with Gasteiger partial charge in [-0.05, 0) is 37.3 Å². The zero-order valence-corrected chi connectivity index (χ0v) is 15.6. The number of likely N-dealkylation sites (tertiary alicyclic amines) is 1. The first-order valence-electron chi connectivity index (χ1n) is 9.38. The van der Waals surface area contributed by atoms with Gasteiger partial charge in [0.1, 0.15) is 5.69 Å². The minimum atomic E-state index is -0.315. The van der Waals surface area contributed by atoms with Crippen LogP contribution >= 0.6 is 0 Å². The fraction of sp³-hybridized carbons (Fsp3) is 0.381. The number of benzene rings is 1. The highest BCUT2D eigenvalue weighted by Crippen LogP contribution is 2.14. The summed E-state index contributed by atoms with van der Waals surface area (Å²) in [6, 6.07) is 11.5. The fourth-order valence-electron chi connectivity index (χ4n) is 3.33. The molecule has 1 fully saturated rings. The molecule has 3 rings (SSSR count). The third-order valence-corrected chi connectivity index (χ3v) is 4.81. The van der Waals surface area contributed by atoms with Crippen LogP contribution in [0.2, 0.25) is 0 Å². The number of pyridine rings is 1. The molecule has 0 unspecified atom stereocenters. The van der Waals surface area contributed by atoms with E-state index in [0.717, 1.165) is 32.4 Å². The molecule has 2 amide bonds. The fourth-order valence-corrected chi connectivity index (χ4v) is 3.33. The van der Waals surface area contributed by atoms with Gasteiger partial charge in [0.25, 0.3) is 11.5 Å². The van der Waals surface area contributed by atoms with Gasteiger partial charge in [-0.15, -0.1) is 0 Å². The highest BCUT2D eigenvalue weighted by Gasteiger charge is 2.21. The number of nitrogens with one attached hydrogen (secondary N) is 1. The Labute approximate surface area is 158 Å². The largest absolute Gasteiger partial charge is 0.339 e. The van der Waals surface area contributed by atoms with E-state index in [-0.39, 0.29) is 23.1 Å². The van der Waals surface area contributed by atoms with Crippen molar-refractivity contribution in [2.24, 2.45) is 7.05 Å². The van der Waals surface area contributed by atoms with E-state index in [9.17, 15) is 14.4 Å². The first-order chi connectivity index (χ1) is 13.0. The molecule has 1 aliphatic heterocycles. The molecule has 1 aromatic heterocycles. The van der Waals surface area contributed by atoms with Crippen LogP contribution in [-0.2, 0) is 18.3 Å². The minimum Gasteiger partial charge on any atom is -0.339 e. The van der Waals surface area contributed by atoms with Crippen molar-refractivity contribution in [1.29, 1.82) is 0 Å². The topological polar surface area (TPSA) is 71.4 Å². The maximum Gasteiger partial charge on any atom is 0.274 e. The molecule has 1 aliphatic rings. The van der Waals surface area contributed by atoms with Gasteiger partial charge in [-0.25, -0.2) is 0 Å². The molecule has 1 N–H and O–H groups in total. The predicted octanol–water partition coefficient (Wildman–Crippen LogP) is 2.58. The Balaban J connectivity index is 1.63. The second-order valence-electron chi connectivity index (χ2n) is 6.95. The molecule has 0 radical (unpaired) electrons. The molecular weight excluding hydrogens is 342 g/mol. The Kier molecular flexibility index (Phi) is 6.06. The van der Waals surface area contributed by atoms with E-state index in [1.165, 1.54) is 22.4 Å². The lowest BCUT2D eigenvalue weighted by Gasteiger charge is -2.16. The standard InChI is InChI=1S/C21H25N3O3/c1-23-15-17(20(26)24-12-5-6-13-24)14-18(21(23)27)22-19(25)11-7-10-16-8-3-2-4-9-16/h2-4,8-9,14-15H,5-7,10-13H2,1H3,(H,22,25). The van der Waals surface area contributed by atoms with E-state index in [1.807, 2.05) is 30.3 Å². The summed E-state index contributed by atoms with van der Waals surface area (Å²) in [5.41, 5.74) is 1.45. The molecule has 0 bridgehead atoms. The van der Waals surface area contributed by atoms with Crippen LogP contribution in [0, 0.1) is 0 Å². The molecule has 0 spiro atoms. The van der Waals surface area contributed by atoms with E-state index in [2.05, 4.69) is 5.32 Å².